The molecule has 1 heterocycles. The maximum atomic E-state index is 14.1. The second-order valence-corrected chi connectivity index (χ2v) is 13.5. The zero-order valence-electron chi connectivity index (χ0n) is 19.0. The molecule has 0 nitrogen and oxygen atoms in total. The van der Waals surface area contributed by atoms with E-state index in [1.165, 1.54) is 51.0 Å². The Morgan fingerprint density at radius 3 is 2.13 bits per heavy atom. The van der Waals surface area contributed by atoms with Crippen molar-refractivity contribution in [2.45, 2.75) is 102 Å². The van der Waals surface area contributed by atoms with Gasteiger partial charge in [-0.3, -0.25) is 0 Å². The Labute approximate surface area is 187 Å². The van der Waals surface area contributed by atoms with Crippen LogP contribution in [-0.2, 0) is 0 Å². The van der Waals surface area contributed by atoms with Crippen LogP contribution in [0.3, 0.4) is 0 Å². The van der Waals surface area contributed by atoms with Gasteiger partial charge in [-0.25, -0.2) is 8.78 Å². The third-order valence-corrected chi connectivity index (χ3v) is 11.4. The Bertz CT molecular complexity index is 712. The number of rotatable bonds is 9. The molecule has 0 aromatic heterocycles. The molecule has 1 aliphatic heterocycles. The molecule has 31 heavy (non-hydrogen) atoms. The lowest BCUT2D eigenvalue weighted by molar-refractivity contribution is 0.280. The molecule has 0 N–H and O–H groups in total. The number of benzene rings is 1. The summed E-state index contributed by atoms with van der Waals surface area (Å²) in [5.74, 6) is -0.690. The molecule has 1 aliphatic carbocycles. The average Bonchev–Trinajstić information content (AvgIpc) is 2.78. The number of halogens is 4. The minimum atomic E-state index is -2.47. The highest BCUT2D eigenvalue weighted by molar-refractivity contribution is 6.58. The van der Waals surface area contributed by atoms with Gasteiger partial charge in [0.2, 0.25) is 0 Å². The SMILES string of the molecule is CCCCC[SiH]1CCC(CC[C@H]2CC[C@H](c3ccc(C(F)=C(F)F)c(F)c3)CC2)CC1. The topological polar surface area (TPSA) is 0 Å². The second-order valence-electron chi connectivity index (χ2n) is 9.99. The molecule has 0 radical (unpaired) electrons. The van der Waals surface area contributed by atoms with Crippen LogP contribution in [0.15, 0.2) is 24.3 Å². The summed E-state index contributed by atoms with van der Waals surface area (Å²) in [4.78, 5) is 0. The van der Waals surface area contributed by atoms with Crippen LogP contribution in [0.1, 0.15) is 94.6 Å². The van der Waals surface area contributed by atoms with Crippen molar-refractivity contribution in [3.63, 3.8) is 0 Å². The minimum Gasteiger partial charge on any atom is -0.206 e. The monoisotopic (exact) mass is 454 g/mol. The van der Waals surface area contributed by atoms with Gasteiger partial charge in [0.15, 0.2) is 5.83 Å². The molecule has 2 aliphatic rings. The number of hydrogen-bond acceptors (Lipinski definition) is 0. The summed E-state index contributed by atoms with van der Waals surface area (Å²) in [6.07, 6.45) is 11.7. The van der Waals surface area contributed by atoms with Crippen molar-refractivity contribution in [2.75, 3.05) is 0 Å². The average molecular weight is 455 g/mol. The smallest absolute Gasteiger partial charge is 0.206 e. The predicted octanol–water partition coefficient (Wildman–Crippen LogP) is 9.24. The first-order chi connectivity index (χ1) is 15.0. The highest BCUT2D eigenvalue weighted by Gasteiger charge is 2.26. The fourth-order valence-corrected chi connectivity index (χ4v) is 9.43. The lowest BCUT2D eigenvalue weighted by atomic mass is 9.76. The van der Waals surface area contributed by atoms with Crippen molar-refractivity contribution in [3.8, 4) is 0 Å². The fourth-order valence-electron chi connectivity index (χ4n) is 5.81. The first kappa shape index (κ1) is 24.5. The van der Waals surface area contributed by atoms with Crippen LogP contribution in [0.2, 0.25) is 18.1 Å². The predicted molar refractivity (Wildman–Crippen MR) is 124 cm³/mol. The van der Waals surface area contributed by atoms with Gasteiger partial charge in [-0.15, -0.1) is 0 Å². The van der Waals surface area contributed by atoms with E-state index in [1.54, 1.807) is 24.2 Å². The van der Waals surface area contributed by atoms with E-state index in [0.717, 1.165) is 49.1 Å². The molecule has 1 saturated heterocycles. The molecule has 0 spiro atoms. The van der Waals surface area contributed by atoms with Crippen LogP contribution in [0.4, 0.5) is 17.6 Å². The van der Waals surface area contributed by atoms with E-state index in [2.05, 4.69) is 6.92 Å². The summed E-state index contributed by atoms with van der Waals surface area (Å²) in [6.45, 7) is 2.29. The maximum Gasteiger partial charge on any atom is 0.306 e. The Kier molecular flexibility index (Phi) is 9.67. The van der Waals surface area contributed by atoms with E-state index >= 15 is 0 Å². The van der Waals surface area contributed by atoms with Crippen molar-refractivity contribution in [2.24, 2.45) is 11.8 Å². The number of hydrogen-bond donors (Lipinski definition) is 0. The Balaban J connectivity index is 1.39. The molecule has 1 aromatic rings. The first-order valence-corrected chi connectivity index (χ1v) is 14.9. The Morgan fingerprint density at radius 1 is 0.903 bits per heavy atom. The molecule has 1 saturated carbocycles. The fraction of sp³-hybridized carbons (Fsp3) is 0.692. The van der Waals surface area contributed by atoms with Crippen molar-refractivity contribution in [1.82, 2.24) is 0 Å². The molecule has 0 bridgehead atoms. The van der Waals surface area contributed by atoms with Crippen LogP contribution in [0.25, 0.3) is 5.83 Å². The van der Waals surface area contributed by atoms with Crippen molar-refractivity contribution < 1.29 is 17.6 Å². The molecule has 3 rings (SSSR count). The largest absolute Gasteiger partial charge is 0.306 e. The summed E-state index contributed by atoms with van der Waals surface area (Å²) in [6, 6.07) is 8.72. The highest BCUT2D eigenvalue weighted by Crippen LogP contribution is 2.40. The molecule has 0 unspecified atom stereocenters. The molecule has 174 valence electrons. The molecule has 0 atom stereocenters. The van der Waals surface area contributed by atoms with Crippen LogP contribution < -0.4 is 0 Å². The van der Waals surface area contributed by atoms with E-state index in [9.17, 15) is 17.6 Å². The minimum absolute atomic E-state index is 0.256. The van der Waals surface area contributed by atoms with Gasteiger partial charge in [0.1, 0.15) is 5.82 Å². The third-order valence-electron chi connectivity index (χ3n) is 7.88. The van der Waals surface area contributed by atoms with Gasteiger partial charge in [0.05, 0.1) is 5.56 Å². The third kappa shape index (κ3) is 7.20. The van der Waals surface area contributed by atoms with Crippen molar-refractivity contribution in [3.05, 3.63) is 41.2 Å². The molecule has 1 aromatic carbocycles. The summed E-state index contributed by atoms with van der Waals surface area (Å²) in [5.41, 5.74) is 0.179. The van der Waals surface area contributed by atoms with E-state index < -0.39 is 32.1 Å². The summed E-state index contributed by atoms with van der Waals surface area (Å²) >= 11 is 0. The lowest BCUT2D eigenvalue weighted by Gasteiger charge is -2.32. The van der Waals surface area contributed by atoms with Gasteiger partial charge in [0.25, 0.3) is 0 Å². The van der Waals surface area contributed by atoms with Crippen LogP contribution in [0, 0.1) is 17.7 Å². The highest BCUT2D eigenvalue weighted by atomic mass is 28.3. The van der Waals surface area contributed by atoms with Gasteiger partial charge in [-0.05, 0) is 61.1 Å². The number of unbranched alkanes of at least 4 members (excludes halogenated alkanes) is 2. The van der Waals surface area contributed by atoms with E-state index in [-0.39, 0.29) is 5.92 Å². The zero-order chi connectivity index (χ0) is 22.2. The Hall–Kier alpha value is -1.10. The van der Waals surface area contributed by atoms with Crippen molar-refractivity contribution in [1.29, 1.82) is 0 Å². The summed E-state index contributed by atoms with van der Waals surface area (Å²) in [7, 11) is -0.417. The van der Waals surface area contributed by atoms with E-state index in [0.29, 0.717) is 0 Å². The van der Waals surface area contributed by atoms with Gasteiger partial charge in [-0.1, -0.05) is 76.1 Å². The van der Waals surface area contributed by atoms with E-state index in [4.69, 9.17) is 0 Å². The van der Waals surface area contributed by atoms with Crippen molar-refractivity contribution >= 4 is 14.6 Å². The maximum absolute atomic E-state index is 14.1. The first-order valence-electron chi connectivity index (χ1n) is 12.5. The van der Waals surface area contributed by atoms with Gasteiger partial charge in [0, 0.05) is 8.80 Å². The van der Waals surface area contributed by atoms with Gasteiger partial charge < -0.3 is 0 Å². The van der Waals surface area contributed by atoms with Crippen LogP contribution in [-0.4, -0.2) is 8.80 Å². The normalized spacial score (nSPS) is 26.6. The zero-order valence-corrected chi connectivity index (χ0v) is 20.1. The molecular formula is C26H38F4Si. The molecule has 0 amide bonds. The molecule has 5 heteroatoms. The van der Waals surface area contributed by atoms with Crippen LogP contribution in [0.5, 0.6) is 0 Å². The quantitative estimate of drug-likeness (QED) is 0.198. The van der Waals surface area contributed by atoms with Crippen LogP contribution >= 0.6 is 0 Å². The summed E-state index contributed by atoms with van der Waals surface area (Å²) in [5, 5.41) is 0. The van der Waals surface area contributed by atoms with Gasteiger partial charge in [-0.2, -0.15) is 8.78 Å². The summed E-state index contributed by atoms with van der Waals surface area (Å²) < 4.78 is 52.3. The lowest BCUT2D eigenvalue weighted by Crippen LogP contribution is -2.22. The van der Waals surface area contributed by atoms with E-state index in [1.807, 2.05) is 0 Å². The standard InChI is InChI=1S/C26H38F4Si/c1-2-3-4-15-31-16-13-20(14-17-31)6-5-19-7-9-21(10-8-19)22-11-12-23(24(27)18-22)25(28)26(29)30/h11-12,18-21,31H,2-10,13-17H2,1H3/t19-,20?,21-,31?. The second kappa shape index (κ2) is 12.2. The molecule has 2 fully saturated rings. The molecular weight excluding hydrogens is 416 g/mol. The Morgan fingerprint density at radius 2 is 1.55 bits per heavy atom. The van der Waals surface area contributed by atoms with Gasteiger partial charge >= 0.3 is 6.08 Å².